The molecule has 0 amide bonds. The second kappa shape index (κ2) is 2.99. The maximum Gasteiger partial charge on any atom is 0.0645 e. The van der Waals surface area contributed by atoms with Crippen molar-refractivity contribution in [2.24, 2.45) is 0 Å². The van der Waals surface area contributed by atoms with Crippen molar-refractivity contribution in [2.75, 3.05) is 0 Å². The van der Waals surface area contributed by atoms with E-state index in [1.54, 1.807) is 0 Å². The lowest BCUT2D eigenvalue weighted by molar-refractivity contribution is 0.979. The van der Waals surface area contributed by atoms with Crippen molar-refractivity contribution < 1.29 is 9.60 Å². The zero-order valence-corrected chi connectivity index (χ0v) is 8.62. The van der Waals surface area contributed by atoms with Crippen LogP contribution in [-0.4, -0.2) is 9.79 Å². The number of H-pyrrole nitrogens is 1. The number of halogens is 1. The molecule has 0 saturated heterocycles. The van der Waals surface area contributed by atoms with Gasteiger partial charge in [-0.25, -0.2) is 0 Å². The Labute approximate surface area is 101 Å². The minimum atomic E-state index is -1.46. The second-order valence-electron chi connectivity index (χ2n) is 2.98. The average molecular weight is 255 g/mol. The lowest BCUT2D eigenvalue weighted by Gasteiger charge is -2.09. The number of hydrogen-bond acceptors (Lipinski definition) is 0. The first kappa shape index (κ1) is 3.86. The minimum Gasteiger partial charge on any atom is -0.358 e. The molecule has 70 valence electrons. The van der Waals surface area contributed by atoms with Crippen LogP contribution in [0.1, 0.15) is 20.9 Å². The van der Waals surface area contributed by atoms with Gasteiger partial charge in [0.15, 0.2) is 0 Å². The number of benzene rings is 1. The fourth-order valence-electron chi connectivity index (χ4n) is 1.50. The Morgan fingerprint density at radius 2 is 2.43 bits per heavy atom. The number of para-hydroxylation sites is 1. The smallest absolute Gasteiger partial charge is 0.0645 e. The van der Waals surface area contributed by atoms with Crippen LogP contribution in [0.25, 0.3) is 17.0 Å². The number of fused-ring (bicyclic) bond motifs is 3. The monoisotopic (exact) mass is 254 g/mol. The van der Waals surface area contributed by atoms with E-state index < -0.39 is 11.2 Å². The maximum absolute atomic E-state index is 8.12. The van der Waals surface area contributed by atoms with Crippen molar-refractivity contribution in [3.63, 3.8) is 0 Å². The highest BCUT2D eigenvalue weighted by molar-refractivity contribution is 9.09. The van der Waals surface area contributed by atoms with E-state index in [0.29, 0.717) is 0 Å². The fourth-order valence-corrected chi connectivity index (χ4v) is 1.85. The van der Waals surface area contributed by atoms with Crippen LogP contribution in [0.2, 0.25) is 0 Å². The number of rotatable bonds is 0. The van der Waals surface area contributed by atoms with Crippen molar-refractivity contribution in [2.45, 2.75) is 11.2 Å². The molecule has 1 aliphatic rings. The lowest BCUT2D eigenvalue weighted by Crippen LogP contribution is -2.04. The van der Waals surface area contributed by atoms with Crippen molar-refractivity contribution in [1.29, 1.82) is 0 Å². The van der Waals surface area contributed by atoms with Crippen LogP contribution in [0, 0.1) is 0 Å². The molecule has 1 aromatic carbocycles. The highest BCUT2D eigenvalue weighted by Crippen LogP contribution is 2.29. The summed E-state index contributed by atoms with van der Waals surface area (Å²) >= 11 is 3.09. The van der Waals surface area contributed by atoms with E-state index in [1.165, 1.54) is 6.08 Å². The molecule has 0 spiro atoms. The first-order chi connectivity index (χ1) is 9.66. The molecule has 1 aromatic heterocycles. The summed E-state index contributed by atoms with van der Waals surface area (Å²) in [5, 5.41) is 0.206. The van der Waals surface area contributed by atoms with Crippen molar-refractivity contribution >= 4 is 32.9 Å². The molecule has 3 rings (SSSR count). The summed E-state index contributed by atoms with van der Waals surface area (Å²) in [6.07, 6.45) is 0.206. The van der Waals surface area contributed by atoms with Crippen LogP contribution in [0.15, 0.2) is 30.2 Å². The Morgan fingerprint density at radius 3 is 3.36 bits per heavy atom. The summed E-state index contributed by atoms with van der Waals surface area (Å²) in [6, 6.07) is -1.23. The van der Waals surface area contributed by atoms with Crippen molar-refractivity contribution in [3.05, 3.63) is 41.5 Å². The van der Waals surface area contributed by atoms with Gasteiger partial charge in [0.05, 0.1) is 6.85 Å². The van der Waals surface area contributed by atoms with Crippen LogP contribution in [-0.2, 0) is 6.40 Å². The first-order valence-electron chi connectivity index (χ1n) is 7.67. The summed E-state index contributed by atoms with van der Waals surface area (Å²) in [7, 11) is 0. The third-order valence-corrected chi connectivity index (χ3v) is 2.56. The Balaban J connectivity index is 2.50. The molecule has 1 nitrogen and oxygen atoms in total. The average Bonchev–Trinajstić information content (AvgIpc) is 2.81. The zero-order chi connectivity index (χ0) is 15.7. The Bertz CT molecular complexity index is 808. The molecule has 1 N–H and O–H groups in total. The van der Waals surface area contributed by atoms with Crippen LogP contribution in [0.3, 0.4) is 0 Å². The SMILES string of the molecule is [2H]C1=CC([2H])(Br)C([2H])c2[nH]c3c([2H])c([2H])c([2H])c([2H])c3c21. The number of allylic oxidation sites excluding steroid dienone is 1. The molecule has 0 radical (unpaired) electrons. The quantitative estimate of drug-likeness (QED) is 0.693. The van der Waals surface area contributed by atoms with Gasteiger partial charge in [-0.1, -0.05) is 46.2 Å². The minimum absolute atomic E-state index is 0.0309. The van der Waals surface area contributed by atoms with Gasteiger partial charge in [-0.2, -0.15) is 0 Å². The number of hydrogen-bond donors (Lipinski definition) is 1. The predicted octanol–water partition coefficient (Wildman–Crippen LogP) is 3.50. The van der Waals surface area contributed by atoms with Crippen LogP contribution in [0.4, 0.5) is 0 Å². The van der Waals surface area contributed by atoms with E-state index in [9.17, 15) is 0 Å². The number of aromatic nitrogens is 1. The Morgan fingerprint density at radius 1 is 1.57 bits per heavy atom. The third kappa shape index (κ3) is 1.14. The number of alkyl halides is 1. The fraction of sp³-hybridized carbons (Fsp3) is 0.167. The van der Waals surface area contributed by atoms with E-state index >= 15 is 0 Å². The predicted molar refractivity (Wildman–Crippen MR) is 63.8 cm³/mol. The van der Waals surface area contributed by atoms with Gasteiger partial charge in [-0.05, 0) is 6.04 Å². The zero-order valence-electron chi connectivity index (χ0n) is 14.0. The molecule has 0 saturated carbocycles. The molecule has 2 atom stereocenters. The molecule has 2 aromatic rings. The van der Waals surface area contributed by atoms with Gasteiger partial charge in [-0.3, -0.25) is 0 Å². The van der Waals surface area contributed by atoms with Gasteiger partial charge in [0.1, 0.15) is 0 Å². The normalized spacial score (nSPS) is 38.2. The van der Waals surface area contributed by atoms with Gasteiger partial charge in [0.2, 0.25) is 0 Å². The topological polar surface area (TPSA) is 15.8 Å². The maximum atomic E-state index is 8.12. The van der Waals surface area contributed by atoms with Crippen molar-refractivity contribution in [1.82, 2.24) is 4.98 Å². The van der Waals surface area contributed by atoms with E-state index in [-0.39, 0.29) is 52.4 Å². The molecule has 1 aliphatic carbocycles. The van der Waals surface area contributed by atoms with Crippen LogP contribution in [0.5, 0.6) is 0 Å². The van der Waals surface area contributed by atoms with Crippen molar-refractivity contribution in [3.8, 4) is 0 Å². The molecular weight excluding hydrogens is 238 g/mol. The Hall–Kier alpha value is -1.02. The molecule has 0 fully saturated rings. The van der Waals surface area contributed by atoms with Crippen LogP contribution < -0.4 is 0 Å². The van der Waals surface area contributed by atoms with Gasteiger partial charge >= 0.3 is 0 Å². The molecule has 2 heteroatoms. The lowest BCUT2D eigenvalue weighted by atomic mass is 10.0. The summed E-state index contributed by atoms with van der Waals surface area (Å²) in [5.41, 5.74) is 0.710. The van der Waals surface area contributed by atoms with Gasteiger partial charge < -0.3 is 4.98 Å². The number of aromatic amines is 1. The standard InChI is InChI=1S/C12H10BrN/c13-8-5-6-10-9-3-1-2-4-11(9)14-12(10)7-8/h1-6,8,14H,7H2/i1D,2D,3D,4D,6D,7D,8D. The number of nitrogens with one attached hydrogen (secondary N) is 1. The summed E-state index contributed by atoms with van der Waals surface area (Å²) in [5.74, 6) is 0. The summed E-state index contributed by atoms with van der Waals surface area (Å²) in [6.45, 7) is 0. The molecule has 1 heterocycles. The second-order valence-corrected chi connectivity index (χ2v) is 3.90. The van der Waals surface area contributed by atoms with Crippen LogP contribution >= 0.6 is 15.9 Å². The third-order valence-electron chi connectivity index (χ3n) is 2.10. The molecular formula is C12H10BrN. The Kier molecular flexibility index (Phi) is 0.823. The first-order valence-corrected chi connectivity index (χ1v) is 4.89. The van der Waals surface area contributed by atoms with E-state index in [2.05, 4.69) is 20.9 Å². The van der Waals surface area contributed by atoms with Gasteiger partial charge in [0, 0.05) is 36.1 Å². The molecule has 0 aliphatic heterocycles. The van der Waals surface area contributed by atoms with Gasteiger partial charge in [-0.15, -0.1) is 0 Å². The molecule has 0 bridgehead atoms. The molecule has 2 unspecified atom stereocenters. The largest absolute Gasteiger partial charge is 0.358 e. The van der Waals surface area contributed by atoms with E-state index in [4.69, 9.17) is 9.60 Å². The summed E-state index contributed by atoms with van der Waals surface area (Å²) < 4.78 is 55.5. The molecule has 14 heavy (non-hydrogen) atoms. The highest BCUT2D eigenvalue weighted by atomic mass is 79.9. The summed E-state index contributed by atoms with van der Waals surface area (Å²) in [4.78, 5) is 1.36. The highest BCUT2D eigenvalue weighted by Gasteiger charge is 2.15. The van der Waals surface area contributed by atoms with E-state index in [1.807, 2.05) is 0 Å². The van der Waals surface area contributed by atoms with E-state index in [0.717, 1.165) is 0 Å². The van der Waals surface area contributed by atoms with Gasteiger partial charge in [0.25, 0.3) is 0 Å².